The summed E-state index contributed by atoms with van der Waals surface area (Å²) in [5, 5.41) is 14.5. The molecular weight excluding hydrogens is 320 g/mol. The van der Waals surface area contributed by atoms with Crippen molar-refractivity contribution in [3.05, 3.63) is 29.8 Å². The van der Waals surface area contributed by atoms with Crippen molar-refractivity contribution in [3.63, 3.8) is 0 Å². The molecule has 0 spiro atoms. The third-order valence-electron chi connectivity index (χ3n) is 4.35. The van der Waals surface area contributed by atoms with E-state index in [1.54, 1.807) is 24.3 Å². The van der Waals surface area contributed by atoms with E-state index >= 15 is 0 Å². The van der Waals surface area contributed by atoms with Crippen molar-refractivity contribution >= 4 is 23.4 Å². The van der Waals surface area contributed by atoms with Crippen LogP contribution in [0.5, 0.6) is 0 Å². The first kappa shape index (κ1) is 18.5. The minimum atomic E-state index is -0.374. The summed E-state index contributed by atoms with van der Waals surface area (Å²) in [4.78, 5) is 36.8. The average molecular weight is 342 g/mol. The SMILES string of the molecule is CC(=O)Nc1ccc(C(=O)NC2CCCCC2C(=O)N(C)C#N)cc1. The smallest absolute Gasteiger partial charge is 0.251 e. The van der Waals surface area contributed by atoms with E-state index in [2.05, 4.69) is 10.6 Å². The van der Waals surface area contributed by atoms with Crippen molar-refractivity contribution in [3.8, 4) is 6.19 Å². The standard InChI is InChI=1S/C18H22N4O3/c1-12(23)20-14-9-7-13(8-10-14)17(24)21-16-6-4-3-5-15(16)18(25)22(2)11-19/h7-10,15-16H,3-6H2,1-2H3,(H,20,23)(H,21,24). The lowest BCUT2D eigenvalue weighted by molar-refractivity contribution is -0.133. The number of hydrogen-bond acceptors (Lipinski definition) is 4. The van der Waals surface area contributed by atoms with E-state index in [0.717, 1.165) is 17.7 Å². The molecule has 1 saturated carbocycles. The average Bonchev–Trinajstić information content (AvgIpc) is 2.61. The van der Waals surface area contributed by atoms with Gasteiger partial charge in [-0.05, 0) is 37.1 Å². The molecule has 1 fully saturated rings. The van der Waals surface area contributed by atoms with E-state index in [4.69, 9.17) is 5.26 Å². The van der Waals surface area contributed by atoms with E-state index in [0.29, 0.717) is 24.1 Å². The molecule has 1 aliphatic rings. The second-order valence-corrected chi connectivity index (χ2v) is 6.23. The Hall–Kier alpha value is -2.88. The van der Waals surface area contributed by atoms with Gasteiger partial charge in [-0.15, -0.1) is 0 Å². The Kier molecular flexibility index (Phi) is 6.12. The third-order valence-corrected chi connectivity index (χ3v) is 4.35. The fraction of sp³-hybridized carbons (Fsp3) is 0.444. The van der Waals surface area contributed by atoms with E-state index in [-0.39, 0.29) is 29.7 Å². The fourth-order valence-corrected chi connectivity index (χ4v) is 3.06. The van der Waals surface area contributed by atoms with Crippen LogP contribution >= 0.6 is 0 Å². The summed E-state index contributed by atoms with van der Waals surface area (Å²) in [6.07, 6.45) is 5.05. The van der Waals surface area contributed by atoms with Crippen molar-refractivity contribution < 1.29 is 14.4 Å². The second-order valence-electron chi connectivity index (χ2n) is 6.23. The number of carbonyl (C=O) groups is 3. The molecule has 132 valence electrons. The highest BCUT2D eigenvalue weighted by Gasteiger charge is 2.34. The molecule has 2 atom stereocenters. The molecule has 1 aliphatic carbocycles. The summed E-state index contributed by atoms with van der Waals surface area (Å²) in [6, 6.07) is 6.29. The predicted molar refractivity (Wildman–Crippen MR) is 92.3 cm³/mol. The van der Waals surface area contributed by atoms with Crippen LogP contribution in [0, 0.1) is 17.4 Å². The number of rotatable bonds is 4. The van der Waals surface area contributed by atoms with Gasteiger partial charge in [0.2, 0.25) is 11.8 Å². The Morgan fingerprint density at radius 1 is 1.16 bits per heavy atom. The minimum absolute atomic E-state index is 0.178. The Balaban J connectivity index is 2.05. The van der Waals surface area contributed by atoms with Crippen LogP contribution in [0.4, 0.5) is 5.69 Å². The van der Waals surface area contributed by atoms with Gasteiger partial charge in [0.05, 0.1) is 5.92 Å². The predicted octanol–water partition coefficient (Wildman–Crippen LogP) is 1.87. The molecule has 7 heteroatoms. The van der Waals surface area contributed by atoms with Crippen molar-refractivity contribution in [1.82, 2.24) is 10.2 Å². The Morgan fingerprint density at radius 3 is 2.40 bits per heavy atom. The number of nitriles is 1. The van der Waals surface area contributed by atoms with Crippen molar-refractivity contribution in [2.24, 2.45) is 5.92 Å². The Labute approximate surface area is 147 Å². The summed E-state index contributed by atoms with van der Waals surface area (Å²) >= 11 is 0. The summed E-state index contributed by atoms with van der Waals surface area (Å²) in [6.45, 7) is 1.42. The van der Waals surface area contributed by atoms with Gasteiger partial charge in [-0.25, -0.2) is 0 Å². The first-order valence-electron chi connectivity index (χ1n) is 8.28. The summed E-state index contributed by atoms with van der Waals surface area (Å²) in [5.41, 5.74) is 1.07. The van der Waals surface area contributed by atoms with Gasteiger partial charge in [0.25, 0.3) is 5.91 Å². The van der Waals surface area contributed by atoms with E-state index in [9.17, 15) is 14.4 Å². The van der Waals surface area contributed by atoms with Crippen LogP contribution in [0.1, 0.15) is 43.0 Å². The maximum Gasteiger partial charge on any atom is 0.251 e. The highest BCUT2D eigenvalue weighted by atomic mass is 16.2. The molecule has 25 heavy (non-hydrogen) atoms. The van der Waals surface area contributed by atoms with Crippen LogP contribution in [0.15, 0.2) is 24.3 Å². The fourth-order valence-electron chi connectivity index (χ4n) is 3.06. The lowest BCUT2D eigenvalue weighted by atomic mass is 9.83. The van der Waals surface area contributed by atoms with Gasteiger partial charge in [-0.1, -0.05) is 12.8 Å². The zero-order valence-corrected chi connectivity index (χ0v) is 14.4. The van der Waals surface area contributed by atoms with E-state index in [1.807, 2.05) is 6.19 Å². The zero-order chi connectivity index (χ0) is 18.4. The number of carbonyl (C=O) groups excluding carboxylic acids is 3. The zero-order valence-electron chi connectivity index (χ0n) is 14.4. The highest BCUT2D eigenvalue weighted by molar-refractivity contribution is 5.96. The number of hydrogen-bond donors (Lipinski definition) is 2. The van der Waals surface area contributed by atoms with Crippen LogP contribution in [-0.4, -0.2) is 35.7 Å². The Morgan fingerprint density at radius 2 is 1.80 bits per heavy atom. The molecule has 2 rings (SSSR count). The topological polar surface area (TPSA) is 102 Å². The molecule has 2 unspecified atom stereocenters. The van der Waals surface area contributed by atoms with Gasteiger partial charge in [0, 0.05) is 31.3 Å². The van der Waals surface area contributed by atoms with Crippen LogP contribution in [0.3, 0.4) is 0 Å². The van der Waals surface area contributed by atoms with Gasteiger partial charge >= 0.3 is 0 Å². The summed E-state index contributed by atoms with van der Waals surface area (Å²) in [7, 11) is 1.44. The number of nitrogens with one attached hydrogen (secondary N) is 2. The van der Waals surface area contributed by atoms with Gasteiger partial charge in [0.15, 0.2) is 6.19 Å². The number of nitrogens with zero attached hydrogens (tertiary/aromatic N) is 2. The van der Waals surface area contributed by atoms with Crippen molar-refractivity contribution in [2.75, 3.05) is 12.4 Å². The highest BCUT2D eigenvalue weighted by Crippen LogP contribution is 2.26. The lowest BCUT2D eigenvalue weighted by Crippen LogP contribution is -2.48. The van der Waals surface area contributed by atoms with Crippen LogP contribution in [0.25, 0.3) is 0 Å². The minimum Gasteiger partial charge on any atom is -0.349 e. The van der Waals surface area contributed by atoms with E-state index < -0.39 is 0 Å². The monoisotopic (exact) mass is 342 g/mol. The maximum absolute atomic E-state index is 12.5. The third kappa shape index (κ3) is 4.80. The molecule has 3 amide bonds. The van der Waals surface area contributed by atoms with Crippen molar-refractivity contribution in [2.45, 2.75) is 38.6 Å². The largest absolute Gasteiger partial charge is 0.349 e. The molecule has 2 N–H and O–H groups in total. The number of anilines is 1. The molecular formula is C18H22N4O3. The number of amides is 3. The molecule has 0 saturated heterocycles. The molecule has 1 aromatic carbocycles. The summed E-state index contributed by atoms with van der Waals surface area (Å²) < 4.78 is 0. The number of benzene rings is 1. The molecule has 0 heterocycles. The van der Waals surface area contributed by atoms with Crippen LogP contribution < -0.4 is 10.6 Å². The molecule has 0 radical (unpaired) electrons. The van der Waals surface area contributed by atoms with Gasteiger partial charge in [-0.2, -0.15) is 5.26 Å². The summed E-state index contributed by atoms with van der Waals surface area (Å²) in [5.74, 6) is -1.07. The lowest BCUT2D eigenvalue weighted by Gasteiger charge is -2.32. The van der Waals surface area contributed by atoms with Gasteiger partial charge in [-0.3, -0.25) is 19.3 Å². The first-order chi connectivity index (χ1) is 11.9. The maximum atomic E-state index is 12.5. The van der Waals surface area contributed by atoms with Gasteiger partial charge < -0.3 is 10.6 Å². The molecule has 7 nitrogen and oxygen atoms in total. The van der Waals surface area contributed by atoms with E-state index in [1.165, 1.54) is 14.0 Å². The normalized spacial score (nSPS) is 19.4. The molecule has 0 bridgehead atoms. The van der Waals surface area contributed by atoms with Crippen LogP contribution in [0.2, 0.25) is 0 Å². The molecule has 0 aliphatic heterocycles. The van der Waals surface area contributed by atoms with Crippen molar-refractivity contribution in [1.29, 1.82) is 5.26 Å². The quantitative estimate of drug-likeness (QED) is 0.644. The Bertz CT molecular complexity index is 693. The molecule has 1 aromatic rings. The van der Waals surface area contributed by atoms with Gasteiger partial charge in [0.1, 0.15) is 0 Å². The first-order valence-corrected chi connectivity index (χ1v) is 8.28. The van der Waals surface area contributed by atoms with Crippen LogP contribution in [-0.2, 0) is 9.59 Å². The second kappa shape index (κ2) is 8.29. The molecule has 0 aromatic heterocycles.